The summed E-state index contributed by atoms with van der Waals surface area (Å²) in [6.45, 7) is 6.28. The molecule has 0 spiro atoms. The third-order valence-corrected chi connectivity index (χ3v) is 3.02. The largest absolute Gasteiger partial charge is 0.368 e. The first-order valence-electron chi connectivity index (χ1n) is 5.99. The maximum atomic E-state index is 11.0. The molecule has 1 aliphatic heterocycles. The van der Waals surface area contributed by atoms with Gasteiger partial charge in [-0.05, 0) is 32.4 Å². The van der Waals surface area contributed by atoms with E-state index in [1.165, 1.54) is 32.4 Å². The van der Waals surface area contributed by atoms with Crippen LogP contribution in [0.15, 0.2) is 0 Å². The average molecular weight is 213 g/mol. The standard InChI is InChI=1S/C11H23N3O/c1-2-10(11(12)15)13-6-9-14-7-4-3-5-8-14/h10,13H,2-9H2,1H3,(H2,12,15). The molecule has 1 unspecified atom stereocenters. The van der Waals surface area contributed by atoms with Crippen molar-refractivity contribution in [3.05, 3.63) is 0 Å². The number of hydrogen-bond acceptors (Lipinski definition) is 3. The molecule has 0 radical (unpaired) electrons. The van der Waals surface area contributed by atoms with Gasteiger partial charge in [0.25, 0.3) is 0 Å². The summed E-state index contributed by atoms with van der Waals surface area (Å²) in [5, 5.41) is 3.20. The highest BCUT2D eigenvalue weighted by molar-refractivity contribution is 5.79. The van der Waals surface area contributed by atoms with Gasteiger partial charge in [0.15, 0.2) is 0 Å². The van der Waals surface area contributed by atoms with Gasteiger partial charge in [0.05, 0.1) is 6.04 Å². The Morgan fingerprint density at radius 2 is 2.07 bits per heavy atom. The van der Waals surface area contributed by atoms with Crippen molar-refractivity contribution in [1.82, 2.24) is 10.2 Å². The SMILES string of the molecule is CCC(NCCN1CCCCC1)C(N)=O. The maximum Gasteiger partial charge on any atom is 0.234 e. The summed E-state index contributed by atoms with van der Waals surface area (Å²) in [6.07, 6.45) is 4.76. The number of likely N-dealkylation sites (tertiary alicyclic amines) is 1. The Hall–Kier alpha value is -0.610. The van der Waals surface area contributed by atoms with E-state index in [1.807, 2.05) is 6.92 Å². The van der Waals surface area contributed by atoms with Crippen molar-refractivity contribution in [1.29, 1.82) is 0 Å². The highest BCUT2D eigenvalue weighted by Gasteiger charge is 2.13. The van der Waals surface area contributed by atoms with Crippen molar-refractivity contribution in [2.75, 3.05) is 26.2 Å². The normalized spacial score (nSPS) is 20.1. The molecule has 0 aromatic carbocycles. The fourth-order valence-corrected chi connectivity index (χ4v) is 2.03. The average Bonchev–Trinajstić information content (AvgIpc) is 2.25. The van der Waals surface area contributed by atoms with Crippen LogP contribution in [0.25, 0.3) is 0 Å². The molecule has 1 atom stereocenters. The van der Waals surface area contributed by atoms with Crippen LogP contribution in [-0.2, 0) is 4.79 Å². The summed E-state index contributed by atoms with van der Waals surface area (Å²) in [6, 6.07) is -0.158. The lowest BCUT2D eigenvalue weighted by molar-refractivity contribution is -0.120. The first-order chi connectivity index (χ1) is 7.24. The molecule has 15 heavy (non-hydrogen) atoms. The fraction of sp³-hybridized carbons (Fsp3) is 0.909. The summed E-state index contributed by atoms with van der Waals surface area (Å²) >= 11 is 0. The third kappa shape index (κ3) is 4.62. The van der Waals surface area contributed by atoms with Crippen molar-refractivity contribution in [3.8, 4) is 0 Å². The second-order valence-corrected chi connectivity index (χ2v) is 4.22. The predicted molar refractivity (Wildman–Crippen MR) is 61.6 cm³/mol. The monoisotopic (exact) mass is 213 g/mol. The first kappa shape index (κ1) is 12.5. The number of carbonyl (C=O) groups excluding carboxylic acids is 1. The number of hydrogen-bond donors (Lipinski definition) is 2. The van der Waals surface area contributed by atoms with Gasteiger partial charge in [-0.3, -0.25) is 4.79 Å². The molecule has 4 nitrogen and oxygen atoms in total. The van der Waals surface area contributed by atoms with Crippen LogP contribution in [0.5, 0.6) is 0 Å². The van der Waals surface area contributed by atoms with Crippen molar-refractivity contribution in [2.45, 2.75) is 38.6 Å². The summed E-state index contributed by atoms with van der Waals surface area (Å²) in [4.78, 5) is 13.4. The minimum atomic E-state index is -0.240. The molecule has 3 N–H and O–H groups in total. The maximum absolute atomic E-state index is 11.0. The molecule has 1 saturated heterocycles. The second kappa shape index (κ2) is 6.80. The number of carbonyl (C=O) groups is 1. The molecule has 1 heterocycles. The van der Waals surface area contributed by atoms with E-state index < -0.39 is 0 Å². The van der Waals surface area contributed by atoms with Gasteiger partial charge in [-0.2, -0.15) is 0 Å². The summed E-state index contributed by atoms with van der Waals surface area (Å²) in [5.41, 5.74) is 5.25. The van der Waals surface area contributed by atoms with E-state index in [0.717, 1.165) is 19.5 Å². The molecular formula is C11H23N3O. The lowest BCUT2D eigenvalue weighted by Crippen LogP contribution is -2.44. The predicted octanol–water partition coefficient (Wildman–Crippen LogP) is 0.326. The van der Waals surface area contributed by atoms with Gasteiger partial charge in [-0.25, -0.2) is 0 Å². The topological polar surface area (TPSA) is 58.4 Å². The van der Waals surface area contributed by atoms with E-state index in [4.69, 9.17) is 5.73 Å². The molecule has 0 bridgehead atoms. The summed E-state index contributed by atoms with van der Waals surface area (Å²) < 4.78 is 0. The van der Waals surface area contributed by atoms with Crippen LogP contribution in [-0.4, -0.2) is 43.0 Å². The van der Waals surface area contributed by atoms with Gasteiger partial charge in [-0.15, -0.1) is 0 Å². The number of nitrogens with two attached hydrogens (primary N) is 1. The lowest BCUT2D eigenvalue weighted by atomic mass is 10.1. The van der Waals surface area contributed by atoms with E-state index in [0.29, 0.717) is 0 Å². The molecule has 1 amide bonds. The molecule has 4 heteroatoms. The third-order valence-electron chi connectivity index (χ3n) is 3.02. The zero-order valence-corrected chi connectivity index (χ0v) is 9.67. The van der Waals surface area contributed by atoms with E-state index in [-0.39, 0.29) is 11.9 Å². The van der Waals surface area contributed by atoms with E-state index >= 15 is 0 Å². The van der Waals surface area contributed by atoms with Gasteiger partial charge in [0.2, 0.25) is 5.91 Å². The molecular weight excluding hydrogens is 190 g/mol. The molecule has 0 aromatic heterocycles. The van der Waals surface area contributed by atoms with Crippen LogP contribution in [0.3, 0.4) is 0 Å². The van der Waals surface area contributed by atoms with Crippen molar-refractivity contribution in [2.24, 2.45) is 5.73 Å². The number of nitrogens with zero attached hydrogens (tertiary/aromatic N) is 1. The molecule has 0 aromatic rings. The Kier molecular flexibility index (Phi) is 5.65. The molecule has 1 rings (SSSR count). The Balaban J connectivity index is 2.11. The molecule has 88 valence electrons. The highest BCUT2D eigenvalue weighted by Crippen LogP contribution is 2.07. The van der Waals surface area contributed by atoms with Crippen LogP contribution in [0.4, 0.5) is 0 Å². The lowest BCUT2D eigenvalue weighted by Gasteiger charge is -2.27. The number of primary amides is 1. The first-order valence-corrected chi connectivity index (χ1v) is 5.99. The minimum absolute atomic E-state index is 0.158. The van der Waals surface area contributed by atoms with Gasteiger partial charge in [0, 0.05) is 13.1 Å². The smallest absolute Gasteiger partial charge is 0.234 e. The number of rotatable bonds is 6. The van der Waals surface area contributed by atoms with Crippen LogP contribution < -0.4 is 11.1 Å². The number of amides is 1. The van der Waals surface area contributed by atoms with Crippen LogP contribution in [0.1, 0.15) is 32.6 Å². The molecule has 0 saturated carbocycles. The molecule has 1 fully saturated rings. The highest BCUT2D eigenvalue weighted by atomic mass is 16.1. The quantitative estimate of drug-likeness (QED) is 0.668. The van der Waals surface area contributed by atoms with Crippen molar-refractivity contribution < 1.29 is 4.79 Å². The van der Waals surface area contributed by atoms with Crippen molar-refractivity contribution in [3.63, 3.8) is 0 Å². The number of piperidine rings is 1. The van der Waals surface area contributed by atoms with Gasteiger partial charge < -0.3 is 16.0 Å². The zero-order chi connectivity index (χ0) is 11.1. The van der Waals surface area contributed by atoms with Gasteiger partial charge in [-0.1, -0.05) is 13.3 Å². The van der Waals surface area contributed by atoms with Crippen LogP contribution >= 0.6 is 0 Å². The molecule has 1 aliphatic rings. The number of nitrogens with one attached hydrogen (secondary N) is 1. The van der Waals surface area contributed by atoms with E-state index in [1.54, 1.807) is 0 Å². The summed E-state index contributed by atoms with van der Waals surface area (Å²) in [5.74, 6) is -0.240. The Morgan fingerprint density at radius 1 is 1.40 bits per heavy atom. The Morgan fingerprint density at radius 3 is 2.60 bits per heavy atom. The Labute approximate surface area is 92.2 Å². The van der Waals surface area contributed by atoms with E-state index in [9.17, 15) is 4.79 Å². The minimum Gasteiger partial charge on any atom is -0.368 e. The van der Waals surface area contributed by atoms with Crippen LogP contribution in [0, 0.1) is 0 Å². The van der Waals surface area contributed by atoms with E-state index in [2.05, 4.69) is 10.2 Å². The summed E-state index contributed by atoms with van der Waals surface area (Å²) in [7, 11) is 0. The fourth-order valence-electron chi connectivity index (χ4n) is 2.03. The van der Waals surface area contributed by atoms with Crippen molar-refractivity contribution >= 4 is 5.91 Å². The zero-order valence-electron chi connectivity index (χ0n) is 9.67. The second-order valence-electron chi connectivity index (χ2n) is 4.22. The van der Waals surface area contributed by atoms with Gasteiger partial charge >= 0.3 is 0 Å². The van der Waals surface area contributed by atoms with Crippen LogP contribution in [0.2, 0.25) is 0 Å². The molecule has 0 aliphatic carbocycles. The van der Waals surface area contributed by atoms with Gasteiger partial charge in [0.1, 0.15) is 0 Å². The Bertz CT molecular complexity index is 190.